The molecule has 0 radical (unpaired) electrons. The molecule has 1 aliphatic heterocycles. The summed E-state index contributed by atoms with van der Waals surface area (Å²) in [7, 11) is 2.15. The van der Waals surface area contributed by atoms with Gasteiger partial charge in [-0.15, -0.1) is 11.3 Å². The highest BCUT2D eigenvalue weighted by Crippen LogP contribution is 2.28. The van der Waals surface area contributed by atoms with Crippen LogP contribution in [0.1, 0.15) is 56.7 Å². The minimum absolute atomic E-state index is 0. The molecule has 8 heteroatoms. The fraction of sp³-hybridized carbons (Fsp3) is 0.483. The molecule has 0 saturated carbocycles. The maximum Gasteiger partial charge on any atom is 0.306 e. The lowest BCUT2D eigenvalue weighted by atomic mass is 10.1. The van der Waals surface area contributed by atoms with E-state index in [1.54, 1.807) is 11.3 Å². The molecule has 0 bridgehead atoms. The van der Waals surface area contributed by atoms with Crippen molar-refractivity contribution in [3.8, 4) is 11.3 Å². The van der Waals surface area contributed by atoms with E-state index in [4.69, 9.17) is 9.72 Å². The number of nitrogens with one attached hydrogen (secondary N) is 1. The first kappa shape index (κ1) is 27.1. The number of hydrogen-bond donors (Lipinski definition) is 1. The molecule has 0 unspecified atom stereocenters. The second-order valence-electron chi connectivity index (χ2n) is 9.72. The van der Waals surface area contributed by atoms with Gasteiger partial charge in [0.25, 0.3) is 5.91 Å². The van der Waals surface area contributed by atoms with Crippen molar-refractivity contribution in [3.63, 3.8) is 0 Å². The standard InChI is InChI=1S/C29H38N4O3S.H2/c1-32-17-19-33(20-18-32)29-31-26(22-37-29)24-12-14-25(15-13-24)28(35)30-16-8-3-2-7-11-27(34)36-21-23-9-5-4-6-10-23;/h5,9-10,12-15,22H,2-4,6-8,11,16-21H2,1H3,(H,30,35);1H. The molecule has 1 aromatic carbocycles. The Hall–Kier alpha value is -2.97. The Balaban J connectivity index is 0.00000400. The third-order valence-corrected chi connectivity index (χ3v) is 7.67. The molecule has 7 nitrogen and oxygen atoms in total. The van der Waals surface area contributed by atoms with Crippen LogP contribution in [0.2, 0.25) is 0 Å². The van der Waals surface area contributed by atoms with Gasteiger partial charge in [0.15, 0.2) is 5.13 Å². The third-order valence-electron chi connectivity index (χ3n) is 6.77. The number of thiazole rings is 1. The number of benzene rings is 1. The van der Waals surface area contributed by atoms with Crippen LogP contribution >= 0.6 is 11.3 Å². The normalized spacial score (nSPS) is 15.9. The molecule has 4 rings (SSSR count). The van der Waals surface area contributed by atoms with Gasteiger partial charge >= 0.3 is 5.97 Å². The van der Waals surface area contributed by atoms with Crippen LogP contribution in [0, 0.1) is 0 Å². The average Bonchev–Trinajstić information content (AvgIpc) is 3.43. The number of nitrogens with zero attached hydrogens (tertiary/aromatic N) is 3. The van der Waals surface area contributed by atoms with Crippen molar-refractivity contribution in [2.75, 3.05) is 51.3 Å². The van der Waals surface area contributed by atoms with E-state index in [9.17, 15) is 9.59 Å². The molecule has 2 heterocycles. The first-order valence-electron chi connectivity index (χ1n) is 13.4. The lowest BCUT2D eigenvalue weighted by Gasteiger charge is -2.32. The molecular formula is C29H40N4O3S. The lowest BCUT2D eigenvalue weighted by Crippen LogP contribution is -2.44. The molecule has 200 valence electrons. The van der Waals surface area contributed by atoms with Crippen molar-refractivity contribution >= 4 is 28.3 Å². The number of unbranched alkanes of at least 4 members (excludes halogenated alkanes) is 3. The summed E-state index contributed by atoms with van der Waals surface area (Å²) in [6, 6.07) is 7.67. The molecule has 1 aromatic heterocycles. The second-order valence-corrected chi connectivity index (χ2v) is 10.6. The van der Waals surface area contributed by atoms with Crippen molar-refractivity contribution in [2.45, 2.75) is 44.9 Å². The molecule has 0 spiro atoms. The number of hydrogen-bond acceptors (Lipinski definition) is 7. The summed E-state index contributed by atoms with van der Waals surface area (Å²) >= 11 is 1.68. The maximum atomic E-state index is 12.5. The number of rotatable bonds is 12. The van der Waals surface area contributed by atoms with Crippen LogP contribution in [0.3, 0.4) is 0 Å². The molecule has 1 fully saturated rings. The zero-order valence-electron chi connectivity index (χ0n) is 21.8. The number of ether oxygens (including phenoxy) is 1. The highest BCUT2D eigenvalue weighted by molar-refractivity contribution is 7.14. The van der Waals surface area contributed by atoms with E-state index in [-0.39, 0.29) is 13.3 Å². The van der Waals surface area contributed by atoms with Crippen LogP contribution < -0.4 is 10.2 Å². The molecule has 1 amide bonds. The maximum absolute atomic E-state index is 12.5. The first-order chi connectivity index (χ1) is 18.1. The number of amides is 1. The highest BCUT2D eigenvalue weighted by atomic mass is 32.1. The molecular weight excluding hydrogens is 484 g/mol. The molecule has 1 N–H and O–H groups in total. The number of carbonyl (C=O) groups is 2. The predicted octanol–water partition coefficient (Wildman–Crippen LogP) is 5.31. The Morgan fingerprint density at radius 3 is 2.59 bits per heavy atom. The summed E-state index contributed by atoms with van der Waals surface area (Å²) < 4.78 is 5.34. The Bertz CT molecular complexity index is 1090. The van der Waals surface area contributed by atoms with E-state index < -0.39 is 0 Å². The first-order valence-corrected chi connectivity index (χ1v) is 14.3. The van der Waals surface area contributed by atoms with Crippen LogP contribution in [0.5, 0.6) is 0 Å². The van der Waals surface area contributed by atoms with Crippen LogP contribution in [0.15, 0.2) is 53.4 Å². The predicted molar refractivity (Wildman–Crippen MR) is 152 cm³/mol. The fourth-order valence-electron chi connectivity index (χ4n) is 4.39. The summed E-state index contributed by atoms with van der Waals surface area (Å²) in [5.74, 6) is -0.192. The molecule has 1 aliphatic carbocycles. The number of esters is 1. The Labute approximate surface area is 225 Å². The van der Waals surface area contributed by atoms with Gasteiger partial charge < -0.3 is 19.9 Å². The van der Waals surface area contributed by atoms with Crippen molar-refractivity contribution < 1.29 is 15.8 Å². The number of anilines is 1. The largest absolute Gasteiger partial charge is 0.461 e. The third kappa shape index (κ3) is 8.54. The summed E-state index contributed by atoms with van der Waals surface area (Å²) in [6.45, 7) is 5.14. The zero-order valence-corrected chi connectivity index (χ0v) is 22.6. The Morgan fingerprint density at radius 2 is 1.84 bits per heavy atom. The quantitative estimate of drug-likeness (QED) is 0.300. The van der Waals surface area contributed by atoms with Gasteiger partial charge in [0.1, 0.15) is 6.61 Å². The monoisotopic (exact) mass is 524 g/mol. The van der Waals surface area contributed by atoms with Gasteiger partial charge in [0.2, 0.25) is 0 Å². The van der Waals surface area contributed by atoms with Crippen LogP contribution in [0.25, 0.3) is 11.3 Å². The van der Waals surface area contributed by atoms with Gasteiger partial charge in [-0.25, -0.2) is 4.98 Å². The topological polar surface area (TPSA) is 74.8 Å². The second kappa shape index (κ2) is 14.1. The molecule has 1 saturated heterocycles. The summed E-state index contributed by atoms with van der Waals surface area (Å²) in [5.41, 5.74) is 3.73. The van der Waals surface area contributed by atoms with E-state index in [0.29, 0.717) is 25.1 Å². The molecule has 2 aliphatic rings. The molecule has 0 atom stereocenters. The van der Waals surface area contributed by atoms with Gasteiger partial charge in [0.05, 0.1) is 5.69 Å². The number of likely N-dealkylation sites (N-methyl/N-ethyl adjacent to an activating group) is 1. The van der Waals surface area contributed by atoms with Crippen LogP contribution in [-0.2, 0) is 9.53 Å². The summed E-state index contributed by atoms with van der Waals surface area (Å²) in [5, 5.41) is 6.16. The average molecular weight is 525 g/mol. The van der Waals surface area contributed by atoms with E-state index in [1.165, 1.54) is 0 Å². The number of carbonyl (C=O) groups excluding carboxylic acids is 2. The lowest BCUT2D eigenvalue weighted by molar-refractivity contribution is -0.142. The van der Waals surface area contributed by atoms with Crippen molar-refractivity contribution in [2.24, 2.45) is 0 Å². The van der Waals surface area contributed by atoms with Crippen molar-refractivity contribution in [3.05, 3.63) is 59.0 Å². The van der Waals surface area contributed by atoms with Crippen molar-refractivity contribution in [1.29, 1.82) is 0 Å². The van der Waals surface area contributed by atoms with Gasteiger partial charge in [-0.2, -0.15) is 0 Å². The van der Waals surface area contributed by atoms with E-state index >= 15 is 0 Å². The minimum Gasteiger partial charge on any atom is -0.461 e. The summed E-state index contributed by atoms with van der Waals surface area (Å²) in [4.78, 5) is 33.9. The van der Waals surface area contributed by atoms with Crippen molar-refractivity contribution in [1.82, 2.24) is 15.2 Å². The van der Waals surface area contributed by atoms with Crippen LogP contribution in [-0.4, -0.2) is 68.1 Å². The van der Waals surface area contributed by atoms with E-state index in [2.05, 4.69) is 39.7 Å². The van der Waals surface area contributed by atoms with Gasteiger partial charge in [-0.05, 0) is 50.4 Å². The van der Waals surface area contributed by atoms with Gasteiger partial charge in [-0.3, -0.25) is 9.59 Å². The Kier molecular flexibility index (Phi) is 10.3. The van der Waals surface area contributed by atoms with Gasteiger partial charge in [0, 0.05) is 57.1 Å². The molecule has 37 heavy (non-hydrogen) atoms. The van der Waals surface area contributed by atoms with E-state index in [0.717, 1.165) is 86.7 Å². The van der Waals surface area contributed by atoms with E-state index in [1.807, 2.05) is 30.3 Å². The van der Waals surface area contributed by atoms with Gasteiger partial charge in [-0.1, -0.05) is 43.2 Å². The Morgan fingerprint density at radius 1 is 1.05 bits per heavy atom. The molecule has 2 aromatic rings. The van der Waals surface area contributed by atoms with Crippen LogP contribution in [0.4, 0.5) is 5.13 Å². The summed E-state index contributed by atoms with van der Waals surface area (Å²) in [6.07, 6.45) is 12.4. The zero-order chi connectivity index (χ0) is 25.9. The number of piperazine rings is 1. The fourth-order valence-corrected chi connectivity index (χ4v) is 5.28. The SMILES string of the molecule is CN1CCN(c2nc(-c3ccc(C(=O)NCCCCCCC(=O)OCC4=CCCC=C4)cc3)cs2)CC1.[HH]. The number of allylic oxidation sites excluding steroid dienone is 2. The number of aromatic nitrogens is 1. The smallest absolute Gasteiger partial charge is 0.306 e. The minimum atomic E-state index is -0.134. The highest BCUT2D eigenvalue weighted by Gasteiger charge is 2.17.